The molecule has 2 aromatic rings. The van der Waals surface area contributed by atoms with E-state index < -0.39 is 5.97 Å². The summed E-state index contributed by atoms with van der Waals surface area (Å²) in [7, 11) is 0. The number of hydrogen-bond acceptors (Lipinski definition) is 4. The zero-order valence-corrected chi connectivity index (χ0v) is 11.2. The van der Waals surface area contributed by atoms with Crippen LogP contribution in [0.3, 0.4) is 0 Å². The second kappa shape index (κ2) is 6.40. The van der Waals surface area contributed by atoms with Crippen molar-refractivity contribution < 1.29 is 14.4 Å². The van der Waals surface area contributed by atoms with E-state index in [2.05, 4.69) is 15.2 Å². The zero-order valence-electron chi connectivity index (χ0n) is 11.2. The van der Waals surface area contributed by atoms with Crippen molar-refractivity contribution in [1.82, 2.24) is 5.16 Å². The number of carboxylic acid groups (broad SMARTS) is 1. The molecule has 106 valence electrons. The molecule has 0 saturated heterocycles. The molecule has 7 heteroatoms. The number of hydrogen-bond donors (Lipinski definition) is 1. The SMILES string of the molecule is Cc1ccc(-c2cc(/C=C(\CN=[N+]=[N-])C(=O)O)on2)cc1. The molecule has 0 unspecified atom stereocenters. The van der Waals surface area contributed by atoms with Crippen molar-refractivity contribution in [2.24, 2.45) is 5.11 Å². The Balaban J connectivity index is 2.28. The summed E-state index contributed by atoms with van der Waals surface area (Å²) >= 11 is 0. The van der Waals surface area contributed by atoms with E-state index in [9.17, 15) is 4.79 Å². The van der Waals surface area contributed by atoms with Crippen LogP contribution in [0.25, 0.3) is 27.8 Å². The van der Waals surface area contributed by atoms with Gasteiger partial charge >= 0.3 is 5.97 Å². The lowest BCUT2D eigenvalue weighted by atomic mass is 10.1. The van der Waals surface area contributed by atoms with E-state index >= 15 is 0 Å². The van der Waals surface area contributed by atoms with Gasteiger partial charge in [-0.15, -0.1) is 0 Å². The molecule has 0 amide bonds. The number of nitrogens with zero attached hydrogens (tertiary/aromatic N) is 4. The molecule has 0 saturated carbocycles. The molecular weight excluding hydrogens is 272 g/mol. The summed E-state index contributed by atoms with van der Waals surface area (Å²) < 4.78 is 5.09. The molecule has 7 nitrogen and oxygen atoms in total. The summed E-state index contributed by atoms with van der Waals surface area (Å²) in [5.41, 5.74) is 10.8. The summed E-state index contributed by atoms with van der Waals surface area (Å²) in [6.45, 7) is 1.72. The lowest BCUT2D eigenvalue weighted by Crippen LogP contribution is -2.02. The number of aryl methyl sites for hydroxylation is 1. The van der Waals surface area contributed by atoms with Gasteiger partial charge in [0.15, 0.2) is 5.76 Å². The Hall–Kier alpha value is -3.05. The molecule has 0 aliphatic rings. The first-order valence-electron chi connectivity index (χ1n) is 6.08. The van der Waals surface area contributed by atoms with E-state index in [-0.39, 0.29) is 17.9 Å². The van der Waals surface area contributed by atoms with Crippen LogP contribution in [0.15, 0.2) is 45.5 Å². The average Bonchev–Trinajstić information content (AvgIpc) is 2.92. The van der Waals surface area contributed by atoms with Gasteiger partial charge in [-0.3, -0.25) is 0 Å². The van der Waals surface area contributed by atoms with Gasteiger partial charge in [0.25, 0.3) is 0 Å². The second-order valence-electron chi connectivity index (χ2n) is 4.34. The van der Waals surface area contributed by atoms with Crippen molar-refractivity contribution >= 4 is 12.0 Å². The predicted octanol–water partition coefficient (Wildman–Crippen LogP) is 3.43. The van der Waals surface area contributed by atoms with Crippen LogP contribution in [-0.4, -0.2) is 22.8 Å². The van der Waals surface area contributed by atoms with Gasteiger partial charge in [-0.05, 0) is 18.5 Å². The molecule has 1 aromatic carbocycles. The van der Waals surface area contributed by atoms with E-state index in [0.717, 1.165) is 11.1 Å². The fraction of sp³-hybridized carbons (Fsp3) is 0.143. The summed E-state index contributed by atoms with van der Waals surface area (Å²) in [5, 5.41) is 16.1. The molecular formula is C14H12N4O3. The van der Waals surface area contributed by atoms with Crippen LogP contribution >= 0.6 is 0 Å². The first-order valence-corrected chi connectivity index (χ1v) is 6.08. The van der Waals surface area contributed by atoms with Gasteiger partial charge in [0.1, 0.15) is 5.69 Å². The topological polar surface area (TPSA) is 112 Å². The highest BCUT2D eigenvalue weighted by atomic mass is 16.5. The monoisotopic (exact) mass is 284 g/mol. The molecule has 0 atom stereocenters. The zero-order chi connectivity index (χ0) is 15.2. The minimum Gasteiger partial charge on any atom is -0.478 e. The van der Waals surface area contributed by atoms with Crippen LogP contribution in [0.4, 0.5) is 0 Å². The van der Waals surface area contributed by atoms with E-state index in [1.807, 2.05) is 31.2 Å². The molecule has 0 bridgehead atoms. The molecule has 21 heavy (non-hydrogen) atoms. The predicted molar refractivity (Wildman–Crippen MR) is 76.3 cm³/mol. The average molecular weight is 284 g/mol. The number of carbonyl (C=O) groups is 1. The van der Waals surface area contributed by atoms with Gasteiger partial charge < -0.3 is 9.63 Å². The maximum Gasteiger partial charge on any atom is 0.331 e. The van der Waals surface area contributed by atoms with Crippen LogP contribution in [-0.2, 0) is 4.79 Å². The highest BCUT2D eigenvalue weighted by Gasteiger charge is 2.10. The highest BCUT2D eigenvalue weighted by Crippen LogP contribution is 2.21. The number of benzene rings is 1. The van der Waals surface area contributed by atoms with Crippen molar-refractivity contribution in [3.8, 4) is 11.3 Å². The molecule has 0 radical (unpaired) electrons. The van der Waals surface area contributed by atoms with Gasteiger partial charge in [0, 0.05) is 22.1 Å². The summed E-state index contributed by atoms with van der Waals surface area (Å²) in [4.78, 5) is 13.5. The van der Waals surface area contributed by atoms with Crippen molar-refractivity contribution in [3.05, 3.63) is 57.7 Å². The molecule has 0 fully saturated rings. The van der Waals surface area contributed by atoms with Crippen LogP contribution in [0, 0.1) is 6.92 Å². The van der Waals surface area contributed by atoms with Crippen LogP contribution in [0.5, 0.6) is 0 Å². The number of azide groups is 1. The summed E-state index contributed by atoms with van der Waals surface area (Å²) in [6, 6.07) is 9.33. The standard InChI is InChI=1S/C14H12N4O3/c1-9-2-4-10(5-3-9)13-7-12(21-17-13)6-11(14(19)20)8-16-18-15/h2-7H,8H2,1H3,(H,19,20)/b11-6+. The fourth-order valence-electron chi connectivity index (χ4n) is 1.67. The van der Waals surface area contributed by atoms with E-state index in [4.69, 9.17) is 15.2 Å². The van der Waals surface area contributed by atoms with Crippen molar-refractivity contribution in [2.45, 2.75) is 6.92 Å². The Labute approximate surface area is 120 Å². The molecule has 1 aromatic heterocycles. The molecule has 2 rings (SSSR count). The van der Waals surface area contributed by atoms with Crippen molar-refractivity contribution in [1.29, 1.82) is 0 Å². The second-order valence-corrected chi connectivity index (χ2v) is 4.34. The molecule has 0 aliphatic carbocycles. The first-order chi connectivity index (χ1) is 10.1. The van der Waals surface area contributed by atoms with Crippen molar-refractivity contribution in [3.63, 3.8) is 0 Å². The molecule has 1 heterocycles. The van der Waals surface area contributed by atoms with Gasteiger partial charge in [-0.2, -0.15) is 0 Å². The Morgan fingerprint density at radius 2 is 2.19 bits per heavy atom. The van der Waals surface area contributed by atoms with Crippen LogP contribution in [0.2, 0.25) is 0 Å². The van der Waals surface area contributed by atoms with Crippen LogP contribution < -0.4 is 0 Å². The summed E-state index contributed by atoms with van der Waals surface area (Å²) in [6.07, 6.45) is 1.29. The van der Waals surface area contributed by atoms with Crippen molar-refractivity contribution in [2.75, 3.05) is 6.54 Å². The Morgan fingerprint density at radius 1 is 1.48 bits per heavy atom. The quantitative estimate of drug-likeness (QED) is 0.392. The highest BCUT2D eigenvalue weighted by molar-refractivity contribution is 5.92. The third-order valence-electron chi connectivity index (χ3n) is 2.77. The largest absolute Gasteiger partial charge is 0.478 e. The van der Waals surface area contributed by atoms with Gasteiger partial charge in [-0.25, -0.2) is 4.79 Å². The minimum absolute atomic E-state index is 0.0700. The molecule has 1 N–H and O–H groups in total. The normalized spacial score (nSPS) is 11.0. The van der Waals surface area contributed by atoms with E-state index in [1.165, 1.54) is 6.08 Å². The molecule has 0 aliphatic heterocycles. The van der Waals surface area contributed by atoms with Crippen LogP contribution in [0.1, 0.15) is 11.3 Å². The van der Waals surface area contributed by atoms with Gasteiger partial charge in [0.05, 0.1) is 6.54 Å². The first kappa shape index (κ1) is 14.4. The number of carboxylic acids is 1. The van der Waals surface area contributed by atoms with Gasteiger partial charge in [-0.1, -0.05) is 40.1 Å². The van der Waals surface area contributed by atoms with Gasteiger partial charge in [0.2, 0.25) is 0 Å². The number of rotatable bonds is 5. The fourth-order valence-corrected chi connectivity index (χ4v) is 1.67. The Kier molecular flexibility index (Phi) is 4.38. The van der Waals surface area contributed by atoms with E-state index in [0.29, 0.717) is 5.69 Å². The lowest BCUT2D eigenvalue weighted by Gasteiger charge is -1.95. The molecule has 0 spiro atoms. The Bertz CT molecular complexity index is 725. The maximum atomic E-state index is 11.0. The Morgan fingerprint density at radius 3 is 2.81 bits per heavy atom. The minimum atomic E-state index is -1.17. The summed E-state index contributed by atoms with van der Waals surface area (Å²) in [5.74, 6) is -0.883. The van der Waals surface area contributed by atoms with E-state index in [1.54, 1.807) is 6.07 Å². The number of aromatic nitrogens is 1. The number of aliphatic carboxylic acids is 1. The lowest BCUT2D eigenvalue weighted by molar-refractivity contribution is -0.132. The smallest absolute Gasteiger partial charge is 0.331 e. The third-order valence-corrected chi connectivity index (χ3v) is 2.77. The third kappa shape index (κ3) is 3.71. The maximum absolute atomic E-state index is 11.0.